The number of anilines is 1. The van der Waals surface area contributed by atoms with Gasteiger partial charge < -0.3 is 10.6 Å². The van der Waals surface area contributed by atoms with Gasteiger partial charge in [-0.2, -0.15) is 0 Å². The molecular formula is C14H24N4S. The summed E-state index contributed by atoms with van der Waals surface area (Å²) in [6, 6.07) is 0.619. The number of thiazole rings is 1. The summed E-state index contributed by atoms with van der Waals surface area (Å²) >= 11 is 1.82. The molecule has 2 heterocycles. The minimum Gasteiger partial charge on any atom is -0.345 e. The fraction of sp³-hybridized carbons (Fsp3) is 0.786. The van der Waals surface area contributed by atoms with Crippen molar-refractivity contribution in [1.29, 1.82) is 0 Å². The number of piperazine rings is 1. The summed E-state index contributed by atoms with van der Waals surface area (Å²) in [7, 11) is 0. The highest BCUT2D eigenvalue weighted by atomic mass is 32.1. The minimum atomic E-state index is 0.619. The van der Waals surface area contributed by atoms with Crippen LogP contribution in [-0.2, 0) is 6.54 Å². The van der Waals surface area contributed by atoms with Crippen molar-refractivity contribution < 1.29 is 0 Å². The lowest BCUT2D eigenvalue weighted by molar-refractivity contribution is 0.199. The Labute approximate surface area is 119 Å². The molecule has 1 aliphatic carbocycles. The van der Waals surface area contributed by atoms with E-state index in [1.807, 2.05) is 11.3 Å². The lowest BCUT2D eigenvalue weighted by Gasteiger charge is -2.39. The molecule has 2 aliphatic rings. The zero-order valence-electron chi connectivity index (χ0n) is 11.9. The molecule has 1 saturated heterocycles. The van der Waals surface area contributed by atoms with Crippen LogP contribution in [0.25, 0.3) is 0 Å². The maximum absolute atomic E-state index is 5.87. The molecular weight excluding hydrogens is 256 g/mol. The molecule has 0 radical (unpaired) electrons. The van der Waals surface area contributed by atoms with Crippen molar-refractivity contribution in [1.82, 2.24) is 9.88 Å². The molecule has 0 aromatic carbocycles. The average molecular weight is 280 g/mol. The first-order valence-corrected chi connectivity index (χ1v) is 8.23. The quantitative estimate of drug-likeness (QED) is 0.916. The van der Waals surface area contributed by atoms with Crippen LogP contribution < -0.4 is 10.6 Å². The van der Waals surface area contributed by atoms with Gasteiger partial charge in [-0.1, -0.05) is 6.92 Å². The molecule has 1 atom stereocenters. The number of likely N-dealkylation sites (N-methyl/N-ethyl adjacent to an activating group) is 1. The van der Waals surface area contributed by atoms with Crippen molar-refractivity contribution in [2.45, 2.75) is 45.2 Å². The van der Waals surface area contributed by atoms with Crippen molar-refractivity contribution in [2.24, 2.45) is 5.73 Å². The molecule has 4 nitrogen and oxygen atoms in total. The highest BCUT2D eigenvalue weighted by Crippen LogP contribution is 2.44. The van der Waals surface area contributed by atoms with Crippen LogP contribution in [0.1, 0.15) is 43.2 Å². The topological polar surface area (TPSA) is 45.4 Å². The van der Waals surface area contributed by atoms with Crippen molar-refractivity contribution in [2.75, 3.05) is 31.1 Å². The monoisotopic (exact) mass is 280 g/mol. The number of nitrogens with two attached hydrogens (primary N) is 1. The SMILES string of the molecule is CCN1CCN(c2nc(C3CC3)c(CN)s2)CC1C. The van der Waals surface area contributed by atoms with Crippen LogP contribution in [0.2, 0.25) is 0 Å². The van der Waals surface area contributed by atoms with E-state index >= 15 is 0 Å². The van der Waals surface area contributed by atoms with Gasteiger partial charge in [0.1, 0.15) is 0 Å². The highest BCUT2D eigenvalue weighted by Gasteiger charge is 2.31. The third-order valence-corrected chi connectivity index (χ3v) is 5.46. The van der Waals surface area contributed by atoms with Gasteiger partial charge in [0.2, 0.25) is 0 Å². The first-order chi connectivity index (χ1) is 9.22. The van der Waals surface area contributed by atoms with Gasteiger partial charge in [-0.3, -0.25) is 4.90 Å². The van der Waals surface area contributed by atoms with E-state index in [0.717, 1.165) is 26.2 Å². The molecule has 0 spiro atoms. The summed E-state index contributed by atoms with van der Waals surface area (Å²) in [6.07, 6.45) is 2.60. The molecule has 106 valence electrons. The van der Waals surface area contributed by atoms with E-state index in [1.54, 1.807) is 0 Å². The van der Waals surface area contributed by atoms with Gasteiger partial charge in [0.25, 0.3) is 0 Å². The lowest BCUT2D eigenvalue weighted by atomic mass is 10.2. The van der Waals surface area contributed by atoms with Crippen LogP contribution in [0.5, 0.6) is 0 Å². The summed E-state index contributed by atoms with van der Waals surface area (Å²) in [5.74, 6) is 0.706. The first kappa shape index (κ1) is 13.3. The Kier molecular flexibility index (Phi) is 3.78. The van der Waals surface area contributed by atoms with Crippen molar-refractivity contribution in [3.05, 3.63) is 10.6 Å². The molecule has 2 fully saturated rings. The van der Waals surface area contributed by atoms with E-state index < -0.39 is 0 Å². The Bertz CT molecular complexity index is 441. The van der Waals surface area contributed by atoms with Crippen molar-refractivity contribution in [3.8, 4) is 0 Å². The van der Waals surface area contributed by atoms with Crippen LogP contribution in [0.4, 0.5) is 5.13 Å². The van der Waals surface area contributed by atoms with Crippen LogP contribution in [0, 0.1) is 0 Å². The summed E-state index contributed by atoms with van der Waals surface area (Å²) in [6.45, 7) is 9.69. The molecule has 1 aliphatic heterocycles. The van der Waals surface area contributed by atoms with Gasteiger partial charge in [0.05, 0.1) is 5.69 Å². The third kappa shape index (κ3) is 2.64. The maximum Gasteiger partial charge on any atom is 0.185 e. The van der Waals surface area contributed by atoms with Crippen LogP contribution in [-0.4, -0.2) is 42.1 Å². The predicted molar refractivity (Wildman–Crippen MR) is 80.9 cm³/mol. The molecule has 0 amide bonds. The second-order valence-corrected chi connectivity index (χ2v) is 6.77. The van der Waals surface area contributed by atoms with E-state index in [-0.39, 0.29) is 0 Å². The van der Waals surface area contributed by atoms with Gasteiger partial charge >= 0.3 is 0 Å². The predicted octanol–water partition coefficient (Wildman–Crippen LogP) is 2.01. The Morgan fingerprint density at radius 1 is 1.37 bits per heavy atom. The second kappa shape index (κ2) is 5.38. The maximum atomic E-state index is 5.87. The first-order valence-electron chi connectivity index (χ1n) is 7.41. The van der Waals surface area contributed by atoms with Crippen molar-refractivity contribution >= 4 is 16.5 Å². The summed E-state index contributed by atoms with van der Waals surface area (Å²) in [4.78, 5) is 11.2. The van der Waals surface area contributed by atoms with Gasteiger partial charge in [-0.05, 0) is 26.3 Å². The number of hydrogen-bond acceptors (Lipinski definition) is 5. The molecule has 5 heteroatoms. The van der Waals surface area contributed by atoms with E-state index in [2.05, 4.69) is 23.6 Å². The Balaban J connectivity index is 1.75. The Morgan fingerprint density at radius 2 is 2.16 bits per heavy atom. The molecule has 1 aromatic heterocycles. The average Bonchev–Trinajstić information content (AvgIpc) is 3.18. The van der Waals surface area contributed by atoms with E-state index in [1.165, 1.54) is 28.5 Å². The van der Waals surface area contributed by atoms with Crippen LogP contribution >= 0.6 is 11.3 Å². The zero-order chi connectivity index (χ0) is 13.4. The molecule has 19 heavy (non-hydrogen) atoms. The largest absolute Gasteiger partial charge is 0.345 e. The summed E-state index contributed by atoms with van der Waals surface area (Å²) in [5, 5.41) is 1.20. The standard InChI is InChI=1S/C14H24N4S/c1-3-17-6-7-18(9-10(17)2)14-16-13(11-4-5-11)12(8-15)19-14/h10-11H,3-9,15H2,1-2H3. The van der Waals surface area contributed by atoms with E-state index in [9.17, 15) is 0 Å². The summed E-state index contributed by atoms with van der Waals surface area (Å²) < 4.78 is 0. The smallest absolute Gasteiger partial charge is 0.185 e. The van der Waals surface area contributed by atoms with Crippen molar-refractivity contribution in [3.63, 3.8) is 0 Å². The minimum absolute atomic E-state index is 0.619. The molecule has 0 bridgehead atoms. The van der Waals surface area contributed by atoms with Gasteiger partial charge in [-0.15, -0.1) is 11.3 Å². The third-order valence-electron chi connectivity index (χ3n) is 4.31. The van der Waals surface area contributed by atoms with Crippen LogP contribution in [0.3, 0.4) is 0 Å². The fourth-order valence-electron chi connectivity index (χ4n) is 2.95. The molecule has 1 unspecified atom stereocenters. The Morgan fingerprint density at radius 3 is 2.74 bits per heavy atom. The van der Waals surface area contributed by atoms with E-state index in [0.29, 0.717) is 18.5 Å². The van der Waals surface area contributed by atoms with Gasteiger partial charge in [0.15, 0.2) is 5.13 Å². The van der Waals surface area contributed by atoms with Gasteiger partial charge in [-0.25, -0.2) is 4.98 Å². The summed E-state index contributed by atoms with van der Waals surface area (Å²) in [5.41, 5.74) is 7.17. The van der Waals surface area contributed by atoms with Gasteiger partial charge in [0, 0.05) is 43.0 Å². The molecule has 1 aromatic rings. The highest BCUT2D eigenvalue weighted by molar-refractivity contribution is 7.15. The number of nitrogens with zero attached hydrogens (tertiary/aromatic N) is 3. The molecule has 2 N–H and O–H groups in total. The lowest BCUT2D eigenvalue weighted by Crippen LogP contribution is -2.51. The normalized spacial score (nSPS) is 25.0. The zero-order valence-corrected chi connectivity index (χ0v) is 12.7. The second-order valence-electron chi connectivity index (χ2n) is 5.71. The molecule has 3 rings (SSSR count). The number of hydrogen-bond donors (Lipinski definition) is 1. The fourth-order valence-corrected chi connectivity index (χ4v) is 4.01. The van der Waals surface area contributed by atoms with E-state index in [4.69, 9.17) is 10.7 Å². The number of aromatic nitrogens is 1. The molecule has 1 saturated carbocycles. The van der Waals surface area contributed by atoms with Crippen LogP contribution in [0.15, 0.2) is 0 Å². The number of rotatable bonds is 4. The Hall–Kier alpha value is -0.650.